The standard InChI is InChI=1S/C19H12F3N3O3S2/c20-19(21,22)11-1-3-14(16(26)7-11)18-13-4-2-12(8-15(13)24-10-25-18)30(27,28)9-17-23-5-6-29-17/h1-8,10,26H,9H2. The highest BCUT2D eigenvalue weighted by Gasteiger charge is 2.31. The SMILES string of the molecule is O=S(=O)(Cc1nccs1)c1ccc2c(-c3ccc(C(F)(F)F)cc3O)ncnc2c1. The van der Waals surface area contributed by atoms with Crippen molar-refractivity contribution in [3.63, 3.8) is 0 Å². The maximum absolute atomic E-state index is 12.8. The number of nitrogens with zero attached hydrogens (tertiary/aromatic N) is 3. The average molecular weight is 451 g/mol. The first-order valence-corrected chi connectivity index (χ1v) is 10.9. The molecule has 1 N–H and O–H groups in total. The van der Waals surface area contributed by atoms with E-state index in [2.05, 4.69) is 15.0 Å². The van der Waals surface area contributed by atoms with E-state index in [9.17, 15) is 26.7 Å². The Bertz CT molecular complexity index is 1340. The average Bonchev–Trinajstić information content (AvgIpc) is 3.18. The van der Waals surface area contributed by atoms with Crippen molar-refractivity contribution in [3.8, 4) is 17.0 Å². The molecule has 0 aliphatic rings. The molecule has 0 aliphatic heterocycles. The van der Waals surface area contributed by atoms with Crippen molar-refractivity contribution in [1.82, 2.24) is 15.0 Å². The van der Waals surface area contributed by atoms with Gasteiger partial charge in [-0.3, -0.25) is 0 Å². The van der Waals surface area contributed by atoms with E-state index in [1.165, 1.54) is 35.7 Å². The third-order valence-corrected chi connectivity index (χ3v) is 6.93. The molecule has 2 aromatic heterocycles. The Kier molecular flexibility index (Phi) is 4.94. The Labute approximate surface area is 172 Å². The normalized spacial score (nSPS) is 12.4. The predicted octanol–water partition coefficient (Wildman–Crippen LogP) is 4.45. The molecule has 0 amide bonds. The van der Waals surface area contributed by atoms with E-state index in [0.29, 0.717) is 16.5 Å². The Morgan fingerprint density at radius 2 is 1.83 bits per heavy atom. The van der Waals surface area contributed by atoms with E-state index in [1.807, 2.05) is 0 Å². The number of alkyl halides is 3. The van der Waals surface area contributed by atoms with Gasteiger partial charge >= 0.3 is 6.18 Å². The Morgan fingerprint density at radius 1 is 1.03 bits per heavy atom. The molecule has 11 heteroatoms. The van der Waals surface area contributed by atoms with Crippen molar-refractivity contribution >= 4 is 32.1 Å². The van der Waals surface area contributed by atoms with E-state index in [-0.39, 0.29) is 27.4 Å². The Hall–Kier alpha value is -3.05. The highest BCUT2D eigenvalue weighted by molar-refractivity contribution is 7.90. The van der Waals surface area contributed by atoms with Crippen molar-refractivity contribution < 1.29 is 26.7 Å². The molecular weight excluding hydrogens is 439 g/mol. The molecule has 2 aromatic carbocycles. The first-order chi connectivity index (χ1) is 14.1. The summed E-state index contributed by atoms with van der Waals surface area (Å²) < 4.78 is 63.9. The van der Waals surface area contributed by atoms with Crippen LogP contribution >= 0.6 is 11.3 Å². The number of benzene rings is 2. The second-order valence-electron chi connectivity index (χ2n) is 6.32. The molecule has 30 heavy (non-hydrogen) atoms. The topological polar surface area (TPSA) is 93.0 Å². The van der Waals surface area contributed by atoms with Gasteiger partial charge in [0.05, 0.1) is 21.7 Å². The minimum atomic E-state index is -4.59. The summed E-state index contributed by atoms with van der Waals surface area (Å²) in [5.41, 5.74) is -0.443. The summed E-state index contributed by atoms with van der Waals surface area (Å²) in [6, 6.07) is 6.79. The summed E-state index contributed by atoms with van der Waals surface area (Å²) in [5.74, 6) is -0.848. The van der Waals surface area contributed by atoms with Gasteiger partial charge < -0.3 is 5.11 Å². The predicted molar refractivity (Wildman–Crippen MR) is 105 cm³/mol. The largest absolute Gasteiger partial charge is 0.507 e. The van der Waals surface area contributed by atoms with Gasteiger partial charge in [0.25, 0.3) is 0 Å². The van der Waals surface area contributed by atoms with Gasteiger partial charge in [0.2, 0.25) is 0 Å². The van der Waals surface area contributed by atoms with E-state index < -0.39 is 27.3 Å². The maximum Gasteiger partial charge on any atom is 0.416 e. The van der Waals surface area contributed by atoms with Gasteiger partial charge in [-0.05, 0) is 36.4 Å². The van der Waals surface area contributed by atoms with Gasteiger partial charge in [0.15, 0.2) is 9.84 Å². The van der Waals surface area contributed by atoms with Crippen LogP contribution in [0.3, 0.4) is 0 Å². The molecule has 0 spiro atoms. The number of aromatic hydroxyl groups is 1. The molecule has 4 rings (SSSR count). The lowest BCUT2D eigenvalue weighted by molar-refractivity contribution is -0.137. The van der Waals surface area contributed by atoms with Crippen molar-refractivity contribution in [2.75, 3.05) is 0 Å². The number of thiazole rings is 1. The highest BCUT2D eigenvalue weighted by Crippen LogP contribution is 2.38. The van der Waals surface area contributed by atoms with Crippen molar-refractivity contribution in [2.45, 2.75) is 16.8 Å². The van der Waals surface area contributed by atoms with E-state index in [4.69, 9.17) is 0 Å². The van der Waals surface area contributed by atoms with Crippen molar-refractivity contribution in [3.05, 3.63) is 64.9 Å². The van der Waals surface area contributed by atoms with E-state index >= 15 is 0 Å². The lowest BCUT2D eigenvalue weighted by Gasteiger charge is -2.11. The molecule has 0 bridgehead atoms. The van der Waals surface area contributed by atoms with Gasteiger partial charge in [-0.25, -0.2) is 23.4 Å². The highest BCUT2D eigenvalue weighted by atomic mass is 32.2. The molecule has 0 fully saturated rings. The number of fused-ring (bicyclic) bond motifs is 1. The fourth-order valence-corrected chi connectivity index (χ4v) is 5.19. The van der Waals surface area contributed by atoms with Crippen LogP contribution in [-0.2, 0) is 21.8 Å². The van der Waals surface area contributed by atoms with E-state index in [0.717, 1.165) is 18.5 Å². The quantitative estimate of drug-likeness (QED) is 0.493. The van der Waals surface area contributed by atoms with Crippen LogP contribution in [0.25, 0.3) is 22.2 Å². The van der Waals surface area contributed by atoms with Crippen LogP contribution in [0.2, 0.25) is 0 Å². The number of hydrogen-bond acceptors (Lipinski definition) is 7. The molecular formula is C19H12F3N3O3S2. The second kappa shape index (κ2) is 7.33. The smallest absolute Gasteiger partial charge is 0.416 e. The molecule has 0 atom stereocenters. The summed E-state index contributed by atoms with van der Waals surface area (Å²) in [4.78, 5) is 12.2. The maximum atomic E-state index is 12.8. The van der Waals surface area contributed by atoms with E-state index in [1.54, 1.807) is 5.38 Å². The summed E-state index contributed by atoms with van der Waals surface area (Å²) in [6.07, 6.45) is -1.91. The third kappa shape index (κ3) is 3.85. The number of phenols is 1. The number of sulfone groups is 1. The van der Waals surface area contributed by atoms with Crippen LogP contribution < -0.4 is 0 Å². The van der Waals surface area contributed by atoms with Gasteiger partial charge in [0.1, 0.15) is 22.8 Å². The lowest BCUT2D eigenvalue weighted by Crippen LogP contribution is -2.05. The molecule has 0 saturated heterocycles. The minimum Gasteiger partial charge on any atom is -0.507 e. The van der Waals surface area contributed by atoms with Crippen molar-refractivity contribution in [2.24, 2.45) is 0 Å². The van der Waals surface area contributed by atoms with Gasteiger partial charge in [-0.1, -0.05) is 0 Å². The molecule has 154 valence electrons. The summed E-state index contributed by atoms with van der Waals surface area (Å²) >= 11 is 1.23. The fourth-order valence-electron chi connectivity index (χ4n) is 2.92. The number of aromatic nitrogens is 3. The fraction of sp³-hybridized carbons (Fsp3) is 0.105. The van der Waals surface area contributed by atoms with Crippen LogP contribution in [0.4, 0.5) is 13.2 Å². The van der Waals surface area contributed by atoms with Gasteiger partial charge in [-0.15, -0.1) is 11.3 Å². The molecule has 0 radical (unpaired) electrons. The van der Waals surface area contributed by atoms with Crippen LogP contribution in [0.15, 0.2) is 59.2 Å². The zero-order chi connectivity index (χ0) is 21.5. The first-order valence-electron chi connectivity index (χ1n) is 8.41. The second-order valence-corrected chi connectivity index (χ2v) is 9.28. The number of hydrogen-bond donors (Lipinski definition) is 1. The van der Waals surface area contributed by atoms with Crippen LogP contribution in [0, 0.1) is 0 Å². The summed E-state index contributed by atoms with van der Waals surface area (Å²) in [6.45, 7) is 0. The Morgan fingerprint density at radius 3 is 2.50 bits per heavy atom. The van der Waals surface area contributed by atoms with Gasteiger partial charge in [0, 0.05) is 22.5 Å². The monoisotopic (exact) mass is 451 g/mol. The Balaban J connectivity index is 1.77. The summed E-state index contributed by atoms with van der Waals surface area (Å²) in [5, 5.41) is 12.7. The number of phenolic OH excluding ortho intramolecular Hbond substituents is 1. The lowest BCUT2D eigenvalue weighted by atomic mass is 10.0. The third-order valence-electron chi connectivity index (χ3n) is 4.34. The zero-order valence-corrected chi connectivity index (χ0v) is 16.6. The molecule has 6 nitrogen and oxygen atoms in total. The molecule has 2 heterocycles. The number of halogens is 3. The first kappa shape index (κ1) is 20.2. The van der Waals surface area contributed by atoms with Crippen LogP contribution in [-0.4, -0.2) is 28.5 Å². The molecule has 0 unspecified atom stereocenters. The molecule has 4 aromatic rings. The zero-order valence-electron chi connectivity index (χ0n) is 15.0. The minimum absolute atomic E-state index is 0.0338. The molecule has 0 saturated carbocycles. The number of rotatable bonds is 4. The summed E-state index contributed by atoms with van der Waals surface area (Å²) in [7, 11) is -3.67. The van der Waals surface area contributed by atoms with Crippen LogP contribution in [0.1, 0.15) is 10.6 Å². The van der Waals surface area contributed by atoms with Crippen LogP contribution in [0.5, 0.6) is 5.75 Å². The van der Waals surface area contributed by atoms with Gasteiger partial charge in [-0.2, -0.15) is 13.2 Å². The molecule has 0 aliphatic carbocycles. The van der Waals surface area contributed by atoms with Crippen molar-refractivity contribution in [1.29, 1.82) is 0 Å².